The molecule has 2 heterocycles. The molecule has 0 saturated heterocycles. The van der Waals surface area contributed by atoms with Gasteiger partial charge < -0.3 is 15.7 Å². The van der Waals surface area contributed by atoms with Gasteiger partial charge in [-0.3, -0.25) is 0 Å². The number of nitrogens with zero attached hydrogens (tertiary/aromatic N) is 2. The summed E-state index contributed by atoms with van der Waals surface area (Å²) < 4.78 is 54.2. The third kappa shape index (κ3) is 2.93. The van der Waals surface area contributed by atoms with E-state index in [0.717, 1.165) is 17.0 Å². The van der Waals surface area contributed by atoms with Crippen LogP contribution in [-0.4, -0.2) is 21.7 Å². The van der Waals surface area contributed by atoms with Crippen LogP contribution in [0.5, 0.6) is 0 Å². The summed E-state index contributed by atoms with van der Waals surface area (Å²) in [4.78, 5) is 7.24. The van der Waals surface area contributed by atoms with E-state index in [1.54, 1.807) is 31.4 Å². The van der Waals surface area contributed by atoms with Crippen LogP contribution in [0, 0.1) is 5.82 Å². The normalized spacial score (nSPS) is 12.1. The molecule has 0 amide bonds. The SMILES string of the molecule is CNn1c(Nc2c[nH]c3ccc(Cl)cc23)nc2cc(C(F)(F)F)c(F)cc21. The molecular formula is C17H12ClF4N5. The molecule has 0 aliphatic heterocycles. The van der Waals surface area contributed by atoms with Crippen molar-refractivity contribution in [2.45, 2.75) is 6.18 Å². The lowest BCUT2D eigenvalue weighted by Gasteiger charge is -2.10. The number of benzene rings is 2. The first kappa shape index (κ1) is 17.5. The zero-order valence-electron chi connectivity index (χ0n) is 13.7. The van der Waals surface area contributed by atoms with Crippen molar-refractivity contribution in [1.29, 1.82) is 0 Å². The minimum Gasteiger partial charge on any atom is -0.359 e. The maximum absolute atomic E-state index is 13.9. The third-order valence-corrected chi connectivity index (χ3v) is 4.40. The largest absolute Gasteiger partial charge is 0.419 e. The van der Waals surface area contributed by atoms with Crippen molar-refractivity contribution >= 4 is 45.2 Å². The molecule has 0 spiro atoms. The number of rotatable bonds is 3. The highest BCUT2D eigenvalue weighted by Gasteiger charge is 2.35. The molecule has 140 valence electrons. The van der Waals surface area contributed by atoms with Crippen LogP contribution in [0.1, 0.15) is 5.56 Å². The Morgan fingerprint density at radius 1 is 1.19 bits per heavy atom. The van der Waals surface area contributed by atoms with E-state index >= 15 is 0 Å². The summed E-state index contributed by atoms with van der Waals surface area (Å²) in [5, 5.41) is 4.35. The molecule has 2 aromatic heterocycles. The number of alkyl halides is 3. The third-order valence-electron chi connectivity index (χ3n) is 4.16. The Hall–Kier alpha value is -2.94. The minimum absolute atomic E-state index is 0.00144. The Morgan fingerprint density at radius 3 is 2.67 bits per heavy atom. The molecule has 0 saturated carbocycles. The fourth-order valence-corrected chi connectivity index (χ4v) is 3.11. The fraction of sp³-hybridized carbons (Fsp3) is 0.118. The van der Waals surface area contributed by atoms with E-state index in [1.807, 2.05) is 0 Å². The van der Waals surface area contributed by atoms with Crippen LogP contribution in [-0.2, 0) is 6.18 Å². The van der Waals surface area contributed by atoms with E-state index in [0.29, 0.717) is 16.8 Å². The summed E-state index contributed by atoms with van der Waals surface area (Å²) in [6.07, 6.45) is -3.12. The van der Waals surface area contributed by atoms with Crippen molar-refractivity contribution in [3.05, 3.63) is 52.9 Å². The molecule has 0 atom stereocenters. The van der Waals surface area contributed by atoms with Crippen molar-refractivity contribution in [3.8, 4) is 0 Å². The molecule has 0 bridgehead atoms. The Morgan fingerprint density at radius 2 is 1.96 bits per heavy atom. The second kappa shape index (κ2) is 6.05. The van der Waals surface area contributed by atoms with Crippen molar-refractivity contribution in [1.82, 2.24) is 14.6 Å². The lowest BCUT2D eigenvalue weighted by Crippen LogP contribution is -2.12. The van der Waals surface area contributed by atoms with Crippen LogP contribution in [0.4, 0.5) is 29.2 Å². The molecule has 4 aromatic rings. The first-order chi connectivity index (χ1) is 12.8. The number of nitrogens with one attached hydrogen (secondary N) is 3. The van der Waals surface area contributed by atoms with E-state index in [1.165, 1.54) is 4.68 Å². The molecule has 10 heteroatoms. The molecule has 0 fully saturated rings. The molecule has 4 rings (SSSR count). The lowest BCUT2D eigenvalue weighted by molar-refractivity contribution is -0.139. The van der Waals surface area contributed by atoms with Crippen LogP contribution in [0.25, 0.3) is 21.9 Å². The molecule has 0 aliphatic carbocycles. The van der Waals surface area contributed by atoms with Gasteiger partial charge in [-0.05, 0) is 24.3 Å². The van der Waals surface area contributed by atoms with Crippen LogP contribution in [0.15, 0.2) is 36.5 Å². The van der Waals surface area contributed by atoms with Crippen molar-refractivity contribution in [2.75, 3.05) is 17.8 Å². The standard InChI is InChI=1S/C17H12ClF4N5/c1-23-27-15-6-11(19)10(17(20,21)22)5-13(15)25-16(27)26-14-7-24-12-3-2-8(18)4-9(12)14/h2-7,23-24H,1H3,(H,25,26). The van der Waals surface area contributed by atoms with E-state index in [4.69, 9.17) is 11.6 Å². The Bertz CT molecular complexity index is 1160. The zero-order valence-corrected chi connectivity index (χ0v) is 14.5. The first-order valence-electron chi connectivity index (χ1n) is 7.78. The van der Waals surface area contributed by atoms with Gasteiger partial charge in [0.25, 0.3) is 0 Å². The van der Waals surface area contributed by atoms with Gasteiger partial charge in [-0.1, -0.05) is 11.6 Å². The quantitative estimate of drug-likeness (QED) is 0.414. The highest BCUT2D eigenvalue weighted by atomic mass is 35.5. The summed E-state index contributed by atoms with van der Waals surface area (Å²) in [6.45, 7) is 0. The van der Waals surface area contributed by atoms with Gasteiger partial charge in [-0.2, -0.15) is 13.2 Å². The number of halogens is 5. The smallest absolute Gasteiger partial charge is 0.359 e. The topological polar surface area (TPSA) is 57.7 Å². The van der Waals surface area contributed by atoms with Crippen LogP contribution in [0.2, 0.25) is 5.02 Å². The van der Waals surface area contributed by atoms with Crippen LogP contribution < -0.4 is 10.7 Å². The summed E-state index contributed by atoms with van der Waals surface area (Å²) in [5.74, 6) is -1.16. The van der Waals surface area contributed by atoms with Gasteiger partial charge in [0.1, 0.15) is 5.82 Å². The predicted octanol–water partition coefficient (Wildman–Crippen LogP) is 5.25. The average Bonchev–Trinajstić information content (AvgIpc) is 3.14. The molecule has 0 radical (unpaired) electrons. The molecule has 27 heavy (non-hydrogen) atoms. The van der Waals surface area contributed by atoms with Crippen LogP contribution >= 0.6 is 11.6 Å². The second-order valence-electron chi connectivity index (χ2n) is 5.83. The molecule has 5 nitrogen and oxygen atoms in total. The maximum Gasteiger partial charge on any atom is 0.419 e. The van der Waals surface area contributed by atoms with E-state index in [2.05, 4.69) is 20.7 Å². The van der Waals surface area contributed by atoms with E-state index in [9.17, 15) is 17.6 Å². The van der Waals surface area contributed by atoms with Crippen molar-refractivity contribution < 1.29 is 17.6 Å². The fourth-order valence-electron chi connectivity index (χ4n) is 2.94. The second-order valence-corrected chi connectivity index (χ2v) is 6.27. The predicted molar refractivity (Wildman–Crippen MR) is 96.6 cm³/mol. The van der Waals surface area contributed by atoms with Gasteiger partial charge in [0, 0.05) is 35.2 Å². The van der Waals surface area contributed by atoms with Crippen LogP contribution in [0.3, 0.4) is 0 Å². The number of imidazole rings is 1. The highest BCUT2D eigenvalue weighted by Crippen LogP contribution is 2.35. The average molecular weight is 398 g/mol. The van der Waals surface area contributed by atoms with E-state index < -0.39 is 17.6 Å². The number of anilines is 2. The number of hydrogen-bond donors (Lipinski definition) is 3. The molecule has 2 aromatic carbocycles. The van der Waals surface area contributed by atoms with Gasteiger partial charge in [0.15, 0.2) is 0 Å². The first-order valence-corrected chi connectivity index (χ1v) is 8.16. The Labute approximate surface area is 154 Å². The van der Waals surface area contributed by atoms with Crippen molar-refractivity contribution in [3.63, 3.8) is 0 Å². The van der Waals surface area contributed by atoms with Gasteiger partial charge in [0.05, 0.1) is 22.3 Å². The summed E-state index contributed by atoms with van der Waals surface area (Å²) in [5.41, 5.74) is 3.03. The minimum atomic E-state index is -4.80. The monoisotopic (exact) mass is 397 g/mol. The summed E-state index contributed by atoms with van der Waals surface area (Å²) in [7, 11) is 1.55. The summed E-state index contributed by atoms with van der Waals surface area (Å²) in [6, 6.07) is 6.77. The molecular weight excluding hydrogens is 386 g/mol. The Kier molecular flexibility index (Phi) is 3.92. The lowest BCUT2D eigenvalue weighted by atomic mass is 10.2. The summed E-state index contributed by atoms with van der Waals surface area (Å²) >= 11 is 6.03. The zero-order chi connectivity index (χ0) is 19.3. The van der Waals surface area contributed by atoms with Gasteiger partial charge in [-0.15, -0.1) is 0 Å². The van der Waals surface area contributed by atoms with Gasteiger partial charge in [-0.25, -0.2) is 14.1 Å². The number of hydrogen-bond acceptors (Lipinski definition) is 3. The number of aromatic amines is 1. The molecule has 0 aliphatic rings. The maximum atomic E-state index is 13.9. The number of aromatic nitrogens is 3. The number of H-pyrrole nitrogens is 1. The highest BCUT2D eigenvalue weighted by molar-refractivity contribution is 6.31. The molecule has 0 unspecified atom stereocenters. The van der Waals surface area contributed by atoms with Crippen molar-refractivity contribution in [2.24, 2.45) is 0 Å². The number of fused-ring (bicyclic) bond motifs is 2. The molecule has 3 N–H and O–H groups in total. The van der Waals surface area contributed by atoms with Gasteiger partial charge >= 0.3 is 6.18 Å². The van der Waals surface area contributed by atoms with Gasteiger partial charge in [0.2, 0.25) is 5.95 Å². The Balaban J connectivity index is 1.84. The van der Waals surface area contributed by atoms with E-state index in [-0.39, 0.29) is 17.0 Å².